The van der Waals surface area contributed by atoms with Crippen LogP contribution in [0.2, 0.25) is 0 Å². The Morgan fingerprint density at radius 3 is 2.55 bits per heavy atom. The standard InChI is InChI=1S/C39H51N5O8S/c1-6-24-19-39(24,36(47)43-53(49,50)26-13-14-26)20-31(45)30-18-25-21-44(30)35(46)33(38(3,4)5)42-37(48)52-32-17-23(32)10-8-7-9-11-28-34(51-25)41-29-16-22(2)12-15-27(29)40-28/h6,12,15-16,23-26,30,32-33H,1,7-11,13-14,17-21H2,2-5H3,(H,42,48)(H,43,47)/t23-,24?,25?,30+,32-,33-,39-/m1/s1. The van der Waals surface area contributed by atoms with Gasteiger partial charge in [0.1, 0.15) is 23.9 Å². The van der Waals surface area contributed by atoms with Crippen molar-refractivity contribution in [3.63, 3.8) is 0 Å². The number of amides is 3. The number of aromatic nitrogens is 2. The minimum absolute atomic E-state index is 0.0242. The molecule has 14 heteroatoms. The van der Waals surface area contributed by atoms with Gasteiger partial charge in [-0.2, -0.15) is 0 Å². The molecule has 2 N–H and O–H groups in total. The summed E-state index contributed by atoms with van der Waals surface area (Å²) in [5.41, 5.74) is 1.12. The van der Waals surface area contributed by atoms with Crippen LogP contribution in [0, 0.1) is 29.6 Å². The molecule has 1 aromatic carbocycles. The summed E-state index contributed by atoms with van der Waals surface area (Å²) in [6.07, 6.45) is 6.26. The van der Waals surface area contributed by atoms with Crippen molar-refractivity contribution in [3.05, 3.63) is 42.1 Å². The Hall–Kier alpha value is -4.07. The number of allylic oxidation sites excluding steroid dienone is 1. The van der Waals surface area contributed by atoms with E-state index in [1.807, 2.05) is 45.9 Å². The zero-order valence-electron chi connectivity index (χ0n) is 31.1. The fraction of sp³-hybridized carbons (Fsp3) is 0.641. The third-order valence-corrected chi connectivity index (χ3v) is 13.4. The maximum Gasteiger partial charge on any atom is 0.408 e. The molecule has 3 heterocycles. The third kappa shape index (κ3) is 7.93. The van der Waals surface area contributed by atoms with E-state index in [1.54, 1.807) is 6.08 Å². The average molecular weight is 750 g/mol. The largest absolute Gasteiger partial charge is 0.471 e. The van der Waals surface area contributed by atoms with Gasteiger partial charge in [0.25, 0.3) is 0 Å². The molecule has 3 saturated carbocycles. The van der Waals surface area contributed by atoms with Crippen LogP contribution in [0.3, 0.4) is 0 Å². The van der Waals surface area contributed by atoms with Gasteiger partial charge < -0.3 is 19.7 Å². The number of aryl methyl sites for hydroxylation is 2. The Labute approximate surface area is 311 Å². The smallest absolute Gasteiger partial charge is 0.408 e. The summed E-state index contributed by atoms with van der Waals surface area (Å²) in [6, 6.07) is 3.82. The topological polar surface area (TPSA) is 174 Å². The highest BCUT2D eigenvalue weighted by Crippen LogP contribution is 2.57. The molecule has 1 aromatic heterocycles. The van der Waals surface area contributed by atoms with Crippen LogP contribution in [0.1, 0.15) is 96.2 Å². The van der Waals surface area contributed by atoms with E-state index in [4.69, 9.17) is 19.4 Å². The predicted octanol–water partition coefficient (Wildman–Crippen LogP) is 4.69. The first-order valence-electron chi connectivity index (χ1n) is 19.0. The summed E-state index contributed by atoms with van der Waals surface area (Å²) < 4.78 is 40.1. The SMILES string of the molecule is C=CC1C[C@]1(CC(=O)[C@@H]1CC2CN1C(=O)[C@H](C(C)(C)C)NC(=O)O[C@@H]1C[C@H]1CCCCCc1nc3ccc(C)cc3nc1O2)C(=O)NS(=O)(=O)C1CC1. The van der Waals surface area contributed by atoms with Crippen LogP contribution in [0.25, 0.3) is 11.0 Å². The summed E-state index contributed by atoms with van der Waals surface area (Å²) in [7, 11) is -3.85. The summed E-state index contributed by atoms with van der Waals surface area (Å²) in [4.78, 5) is 67.1. The van der Waals surface area contributed by atoms with Crippen molar-refractivity contribution in [1.29, 1.82) is 0 Å². The summed E-state index contributed by atoms with van der Waals surface area (Å²) >= 11 is 0. The molecule has 3 aliphatic carbocycles. The normalized spacial score (nSPS) is 30.8. The van der Waals surface area contributed by atoms with Crippen molar-refractivity contribution in [1.82, 2.24) is 24.9 Å². The number of sulfonamides is 1. The van der Waals surface area contributed by atoms with Gasteiger partial charge in [-0.05, 0) is 86.8 Å². The average Bonchev–Trinajstić information content (AvgIpc) is 4.01. The molecule has 13 nitrogen and oxygen atoms in total. The van der Waals surface area contributed by atoms with E-state index < -0.39 is 73.9 Å². The number of alkyl carbamates (subject to hydrolysis) is 1. The van der Waals surface area contributed by atoms with Gasteiger partial charge in [-0.25, -0.2) is 23.2 Å². The van der Waals surface area contributed by atoms with Crippen molar-refractivity contribution >= 4 is 44.7 Å². The summed E-state index contributed by atoms with van der Waals surface area (Å²) in [5, 5.41) is 2.21. The summed E-state index contributed by atoms with van der Waals surface area (Å²) in [6.45, 7) is 11.3. The molecular weight excluding hydrogens is 699 g/mol. The number of rotatable bonds is 7. The highest BCUT2D eigenvalue weighted by molar-refractivity contribution is 7.90. The number of carbonyl (C=O) groups is 4. The monoisotopic (exact) mass is 749 g/mol. The number of hydrogen-bond donors (Lipinski definition) is 2. The molecule has 4 fully saturated rings. The summed E-state index contributed by atoms with van der Waals surface area (Å²) in [5.74, 6) is -1.34. The minimum Gasteiger partial charge on any atom is -0.471 e. The van der Waals surface area contributed by atoms with Gasteiger partial charge in [-0.15, -0.1) is 6.58 Å². The van der Waals surface area contributed by atoms with Crippen LogP contribution >= 0.6 is 0 Å². The number of carbonyl (C=O) groups excluding carboxylic acids is 4. The van der Waals surface area contributed by atoms with Crippen LogP contribution in [-0.4, -0.2) is 83.1 Å². The molecule has 2 unspecified atom stereocenters. The number of hydrogen-bond acceptors (Lipinski definition) is 10. The quantitative estimate of drug-likeness (QED) is 0.378. The van der Waals surface area contributed by atoms with Gasteiger partial charge in [0.2, 0.25) is 27.7 Å². The van der Waals surface area contributed by atoms with Crippen LogP contribution < -0.4 is 14.8 Å². The van der Waals surface area contributed by atoms with Gasteiger partial charge >= 0.3 is 6.09 Å². The van der Waals surface area contributed by atoms with Gasteiger partial charge in [0.05, 0.1) is 34.3 Å². The van der Waals surface area contributed by atoms with E-state index >= 15 is 0 Å². The van der Waals surface area contributed by atoms with Crippen LogP contribution in [0.15, 0.2) is 30.9 Å². The maximum atomic E-state index is 14.6. The highest BCUT2D eigenvalue weighted by Gasteiger charge is 2.61. The van der Waals surface area contributed by atoms with Crippen molar-refractivity contribution < 1.29 is 37.1 Å². The lowest BCUT2D eigenvalue weighted by molar-refractivity contribution is -0.142. The van der Waals surface area contributed by atoms with E-state index in [0.29, 0.717) is 36.4 Å². The molecular formula is C39H51N5O8S. The second-order valence-electron chi connectivity index (χ2n) is 17.0. The zero-order valence-corrected chi connectivity index (χ0v) is 31.9. The van der Waals surface area contributed by atoms with Crippen LogP contribution in [-0.2, 0) is 35.6 Å². The van der Waals surface area contributed by atoms with Gasteiger partial charge in [-0.3, -0.25) is 19.1 Å². The molecule has 2 aromatic rings. The molecule has 3 amide bonds. The van der Waals surface area contributed by atoms with E-state index in [2.05, 4.69) is 16.6 Å². The van der Waals surface area contributed by atoms with Crippen molar-refractivity contribution in [2.75, 3.05) is 6.54 Å². The van der Waals surface area contributed by atoms with E-state index in [0.717, 1.165) is 43.2 Å². The molecule has 0 radical (unpaired) electrons. The fourth-order valence-corrected chi connectivity index (χ4v) is 9.37. The van der Waals surface area contributed by atoms with Crippen molar-refractivity contribution in [2.45, 2.75) is 128 Å². The first-order chi connectivity index (χ1) is 25.1. The first-order valence-corrected chi connectivity index (χ1v) is 20.6. The van der Waals surface area contributed by atoms with Gasteiger partial charge in [0, 0.05) is 12.8 Å². The van der Waals surface area contributed by atoms with Crippen LogP contribution in [0.4, 0.5) is 4.79 Å². The molecule has 2 aliphatic heterocycles. The Bertz CT molecular complexity index is 1940. The molecule has 5 aliphatic rings. The maximum absolute atomic E-state index is 14.6. The van der Waals surface area contributed by atoms with Gasteiger partial charge in [0.15, 0.2) is 5.78 Å². The lowest BCUT2D eigenvalue weighted by Gasteiger charge is -2.35. The predicted molar refractivity (Wildman–Crippen MR) is 196 cm³/mol. The van der Waals surface area contributed by atoms with Crippen molar-refractivity contribution in [2.24, 2.45) is 22.7 Å². The number of nitrogens with zero attached hydrogens (tertiary/aromatic N) is 3. The number of ether oxygens (including phenoxy) is 2. The number of benzene rings is 1. The third-order valence-electron chi connectivity index (χ3n) is 11.6. The van der Waals surface area contributed by atoms with E-state index in [1.165, 1.54) is 4.90 Å². The number of fused-ring (bicyclic) bond motifs is 5. The second kappa shape index (κ2) is 14.0. The van der Waals surface area contributed by atoms with Gasteiger partial charge in [-0.1, -0.05) is 45.8 Å². The molecule has 1 saturated heterocycles. The molecule has 53 heavy (non-hydrogen) atoms. The second-order valence-corrected chi connectivity index (χ2v) is 18.9. The highest BCUT2D eigenvalue weighted by atomic mass is 32.2. The zero-order chi connectivity index (χ0) is 37.9. The first kappa shape index (κ1) is 37.3. The number of Topliss-reactive ketones (excluding diaryl/α,β-unsaturated/α-hetero) is 1. The van der Waals surface area contributed by atoms with Crippen molar-refractivity contribution in [3.8, 4) is 5.88 Å². The van der Waals surface area contributed by atoms with E-state index in [-0.39, 0.29) is 37.8 Å². The molecule has 286 valence electrons. The number of nitrogens with one attached hydrogen (secondary N) is 2. The lowest BCUT2D eigenvalue weighted by Crippen LogP contribution is -2.57. The molecule has 2 bridgehead atoms. The molecule has 7 atom stereocenters. The van der Waals surface area contributed by atoms with Crippen LogP contribution in [0.5, 0.6) is 5.88 Å². The lowest BCUT2D eigenvalue weighted by atomic mass is 9.85. The van der Waals surface area contributed by atoms with E-state index in [9.17, 15) is 27.6 Å². The Morgan fingerprint density at radius 1 is 1.08 bits per heavy atom. The fourth-order valence-electron chi connectivity index (χ4n) is 7.99. The number of ketones is 1. The molecule has 0 spiro atoms. The Kier molecular flexibility index (Phi) is 9.82. The molecule has 7 rings (SSSR count). The Morgan fingerprint density at radius 2 is 1.85 bits per heavy atom. The minimum atomic E-state index is -3.85. The Balaban J connectivity index is 1.21.